The van der Waals surface area contributed by atoms with Crippen LogP contribution >= 0.6 is 11.6 Å². The minimum Gasteiger partial charge on any atom is -0.493 e. The van der Waals surface area contributed by atoms with Crippen molar-refractivity contribution in [2.75, 3.05) is 27.3 Å². The fourth-order valence-electron chi connectivity index (χ4n) is 3.40. The molecular formula is C19H22ClNO2. The van der Waals surface area contributed by atoms with E-state index in [1.165, 1.54) is 16.7 Å². The van der Waals surface area contributed by atoms with Crippen LogP contribution in [0.15, 0.2) is 30.3 Å². The number of methoxy groups -OCH3 is 2. The zero-order chi connectivity index (χ0) is 16.4. The average molecular weight is 332 g/mol. The lowest BCUT2D eigenvalue weighted by molar-refractivity contribution is 0.354. The fraction of sp³-hybridized carbons (Fsp3) is 0.368. The van der Waals surface area contributed by atoms with Crippen LogP contribution in [0.5, 0.6) is 11.5 Å². The SMILES string of the molecule is COc1cc2c(c(Cl)c1OC)CCNCC2c1ccccc1C. The van der Waals surface area contributed by atoms with E-state index in [0.29, 0.717) is 16.5 Å². The molecule has 2 aromatic rings. The van der Waals surface area contributed by atoms with Crippen molar-refractivity contribution < 1.29 is 9.47 Å². The number of halogens is 1. The molecule has 1 aliphatic heterocycles. The Bertz CT molecular complexity index is 715. The van der Waals surface area contributed by atoms with Gasteiger partial charge >= 0.3 is 0 Å². The van der Waals surface area contributed by atoms with Crippen LogP contribution in [0.2, 0.25) is 5.02 Å². The normalized spacial score (nSPS) is 17.3. The first-order chi connectivity index (χ1) is 11.2. The highest BCUT2D eigenvalue weighted by atomic mass is 35.5. The Morgan fingerprint density at radius 2 is 1.91 bits per heavy atom. The Morgan fingerprint density at radius 1 is 1.13 bits per heavy atom. The van der Waals surface area contributed by atoms with Crippen molar-refractivity contribution in [1.29, 1.82) is 0 Å². The van der Waals surface area contributed by atoms with Gasteiger partial charge in [0.2, 0.25) is 0 Å². The first-order valence-electron chi connectivity index (χ1n) is 7.86. The summed E-state index contributed by atoms with van der Waals surface area (Å²) in [6, 6.07) is 10.6. The van der Waals surface area contributed by atoms with E-state index in [1.807, 2.05) is 0 Å². The lowest BCUT2D eigenvalue weighted by Crippen LogP contribution is -2.21. The quantitative estimate of drug-likeness (QED) is 0.924. The van der Waals surface area contributed by atoms with Gasteiger partial charge in [0, 0.05) is 12.5 Å². The summed E-state index contributed by atoms with van der Waals surface area (Å²) in [6.45, 7) is 3.95. The molecule has 4 heteroatoms. The maximum atomic E-state index is 6.64. The molecule has 3 nitrogen and oxygen atoms in total. The van der Waals surface area contributed by atoms with Crippen molar-refractivity contribution in [3.63, 3.8) is 0 Å². The summed E-state index contributed by atoms with van der Waals surface area (Å²) in [5, 5.41) is 4.20. The summed E-state index contributed by atoms with van der Waals surface area (Å²) in [5.74, 6) is 1.57. The molecule has 0 bridgehead atoms. The topological polar surface area (TPSA) is 30.5 Å². The van der Waals surface area contributed by atoms with Crippen LogP contribution < -0.4 is 14.8 Å². The Kier molecular flexibility index (Phi) is 4.79. The molecule has 122 valence electrons. The molecule has 0 aliphatic carbocycles. The molecule has 0 aromatic heterocycles. The van der Waals surface area contributed by atoms with Crippen molar-refractivity contribution in [3.8, 4) is 11.5 Å². The Hall–Kier alpha value is -1.71. The minimum absolute atomic E-state index is 0.256. The monoisotopic (exact) mass is 331 g/mol. The van der Waals surface area contributed by atoms with Gasteiger partial charge in [0.1, 0.15) is 0 Å². The Balaban J connectivity index is 2.21. The molecular weight excluding hydrogens is 310 g/mol. The summed E-state index contributed by atoms with van der Waals surface area (Å²) in [4.78, 5) is 0. The third-order valence-electron chi connectivity index (χ3n) is 4.59. The summed E-state index contributed by atoms with van der Waals surface area (Å²) in [7, 11) is 3.28. The predicted molar refractivity (Wildman–Crippen MR) is 94.2 cm³/mol. The first kappa shape index (κ1) is 16.2. The molecule has 0 saturated heterocycles. The molecule has 3 rings (SSSR count). The lowest BCUT2D eigenvalue weighted by Gasteiger charge is -2.23. The molecule has 1 N–H and O–H groups in total. The van der Waals surface area contributed by atoms with E-state index in [0.717, 1.165) is 25.1 Å². The molecule has 0 spiro atoms. The molecule has 2 aromatic carbocycles. The Labute approximate surface area is 142 Å². The van der Waals surface area contributed by atoms with E-state index >= 15 is 0 Å². The third-order valence-corrected chi connectivity index (χ3v) is 4.99. The Morgan fingerprint density at radius 3 is 2.61 bits per heavy atom. The number of fused-ring (bicyclic) bond motifs is 1. The number of hydrogen-bond donors (Lipinski definition) is 1. The van der Waals surface area contributed by atoms with Crippen LogP contribution in [0.3, 0.4) is 0 Å². The van der Waals surface area contributed by atoms with Gasteiger partial charge in [-0.25, -0.2) is 0 Å². The highest BCUT2D eigenvalue weighted by Gasteiger charge is 2.26. The van der Waals surface area contributed by atoms with E-state index in [4.69, 9.17) is 21.1 Å². The maximum Gasteiger partial charge on any atom is 0.179 e. The molecule has 0 radical (unpaired) electrons. The molecule has 1 heterocycles. The summed E-state index contributed by atoms with van der Waals surface area (Å²) in [5.41, 5.74) is 5.00. The van der Waals surface area contributed by atoms with Crippen LogP contribution in [0, 0.1) is 6.92 Å². The number of rotatable bonds is 3. The standard InChI is InChI=1S/C19H22ClNO2/c1-12-6-4-5-7-13(12)16-11-21-9-8-14-15(16)10-17(22-2)19(23-3)18(14)20/h4-7,10,16,21H,8-9,11H2,1-3H3. The van der Waals surface area contributed by atoms with E-state index in [2.05, 4.69) is 42.6 Å². The zero-order valence-electron chi connectivity index (χ0n) is 13.8. The zero-order valence-corrected chi connectivity index (χ0v) is 14.5. The van der Waals surface area contributed by atoms with Crippen molar-refractivity contribution in [2.45, 2.75) is 19.3 Å². The summed E-state index contributed by atoms with van der Waals surface area (Å²) >= 11 is 6.64. The van der Waals surface area contributed by atoms with Crippen molar-refractivity contribution in [2.24, 2.45) is 0 Å². The van der Waals surface area contributed by atoms with Crippen LogP contribution in [-0.2, 0) is 6.42 Å². The van der Waals surface area contributed by atoms with Gasteiger partial charge in [0.15, 0.2) is 11.5 Å². The minimum atomic E-state index is 0.256. The first-order valence-corrected chi connectivity index (χ1v) is 8.24. The van der Waals surface area contributed by atoms with Gasteiger partial charge in [-0.1, -0.05) is 35.9 Å². The van der Waals surface area contributed by atoms with Crippen molar-refractivity contribution in [1.82, 2.24) is 5.32 Å². The van der Waals surface area contributed by atoms with Crippen LogP contribution in [0.1, 0.15) is 28.2 Å². The van der Waals surface area contributed by atoms with Gasteiger partial charge in [0.05, 0.1) is 19.2 Å². The average Bonchev–Trinajstić information content (AvgIpc) is 2.77. The van der Waals surface area contributed by atoms with Gasteiger partial charge in [-0.2, -0.15) is 0 Å². The van der Waals surface area contributed by atoms with E-state index < -0.39 is 0 Å². The highest BCUT2D eigenvalue weighted by molar-refractivity contribution is 6.33. The molecule has 1 atom stereocenters. The van der Waals surface area contributed by atoms with Gasteiger partial charge < -0.3 is 14.8 Å². The predicted octanol–water partition coefficient (Wildman–Crippen LogP) is 3.94. The highest BCUT2D eigenvalue weighted by Crippen LogP contribution is 2.44. The number of hydrogen-bond acceptors (Lipinski definition) is 3. The number of nitrogens with one attached hydrogen (secondary N) is 1. The second-order valence-corrected chi connectivity index (χ2v) is 6.24. The summed E-state index contributed by atoms with van der Waals surface area (Å²) < 4.78 is 11.0. The molecule has 0 fully saturated rings. The molecule has 0 amide bonds. The second kappa shape index (κ2) is 6.81. The molecule has 1 unspecified atom stereocenters. The van der Waals surface area contributed by atoms with Crippen LogP contribution in [0.4, 0.5) is 0 Å². The smallest absolute Gasteiger partial charge is 0.179 e. The molecule has 0 saturated carbocycles. The number of benzene rings is 2. The van der Waals surface area contributed by atoms with Crippen LogP contribution in [-0.4, -0.2) is 27.3 Å². The number of ether oxygens (including phenoxy) is 2. The van der Waals surface area contributed by atoms with Crippen molar-refractivity contribution in [3.05, 3.63) is 57.6 Å². The van der Waals surface area contributed by atoms with E-state index in [1.54, 1.807) is 14.2 Å². The number of aryl methyl sites for hydroxylation is 1. The second-order valence-electron chi connectivity index (χ2n) is 5.86. The maximum absolute atomic E-state index is 6.64. The van der Waals surface area contributed by atoms with Gasteiger partial charge in [-0.3, -0.25) is 0 Å². The largest absolute Gasteiger partial charge is 0.493 e. The van der Waals surface area contributed by atoms with Crippen molar-refractivity contribution >= 4 is 11.6 Å². The molecule has 1 aliphatic rings. The third kappa shape index (κ3) is 2.91. The fourth-order valence-corrected chi connectivity index (χ4v) is 3.77. The van der Waals surface area contributed by atoms with Gasteiger partial charge in [-0.15, -0.1) is 0 Å². The van der Waals surface area contributed by atoms with E-state index in [9.17, 15) is 0 Å². The summed E-state index contributed by atoms with van der Waals surface area (Å²) in [6.07, 6.45) is 0.886. The van der Waals surface area contributed by atoms with Gasteiger partial charge in [-0.05, 0) is 48.2 Å². The van der Waals surface area contributed by atoms with Gasteiger partial charge in [0.25, 0.3) is 0 Å². The van der Waals surface area contributed by atoms with E-state index in [-0.39, 0.29) is 5.92 Å². The lowest BCUT2D eigenvalue weighted by atomic mass is 9.85. The molecule has 23 heavy (non-hydrogen) atoms. The van der Waals surface area contributed by atoms with Crippen LogP contribution in [0.25, 0.3) is 0 Å².